The molecule has 2 aromatic carbocycles. The Balaban J connectivity index is 1.45. The van der Waals surface area contributed by atoms with E-state index in [9.17, 15) is 9.59 Å². The molecule has 7 nitrogen and oxygen atoms in total. The number of carbonyl (C=O) groups is 2. The summed E-state index contributed by atoms with van der Waals surface area (Å²) in [6.07, 6.45) is 3.16. The molecule has 0 N–H and O–H groups in total. The summed E-state index contributed by atoms with van der Waals surface area (Å²) in [5, 5.41) is 9.67. The molecule has 0 radical (unpaired) electrons. The Morgan fingerprint density at radius 3 is 2.56 bits per heavy atom. The van der Waals surface area contributed by atoms with Gasteiger partial charge in [0.05, 0.1) is 5.75 Å². The topological polar surface area (TPSA) is 71.3 Å². The Morgan fingerprint density at radius 2 is 1.83 bits per heavy atom. The summed E-state index contributed by atoms with van der Waals surface area (Å²) in [4.78, 5) is 29.4. The van der Waals surface area contributed by atoms with E-state index in [1.165, 1.54) is 11.8 Å². The molecule has 1 unspecified atom stereocenters. The minimum absolute atomic E-state index is 0.0329. The predicted molar refractivity (Wildman–Crippen MR) is 143 cm³/mol. The number of rotatable bonds is 9. The van der Waals surface area contributed by atoms with Crippen molar-refractivity contribution in [3.63, 3.8) is 0 Å². The average Bonchev–Trinajstić information content (AvgIpc) is 3.28. The summed E-state index contributed by atoms with van der Waals surface area (Å²) in [6.45, 7) is 7.93. The molecule has 1 atom stereocenters. The summed E-state index contributed by atoms with van der Waals surface area (Å²) in [5.74, 6) is 1.39. The van der Waals surface area contributed by atoms with Gasteiger partial charge in [0.1, 0.15) is 5.82 Å². The van der Waals surface area contributed by atoms with Crippen LogP contribution in [0, 0.1) is 6.92 Å². The molecule has 2 heterocycles. The summed E-state index contributed by atoms with van der Waals surface area (Å²) < 4.78 is 2.06. The molecule has 3 aromatic rings. The first-order chi connectivity index (χ1) is 17.5. The minimum atomic E-state index is 0.0329. The number of thioether (sulfide) groups is 1. The number of benzene rings is 2. The van der Waals surface area contributed by atoms with Gasteiger partial charge in [-0.15, -0.1) is 10.2 Å². The Bertz CT molecular complexity index is 1180. The third kappa shape index (κ3) is 6.35. The number of nitrogens with zero attached hydrogens (tertiary/aromatic N) is 5. The third-order valence-electron chi connectivity index (χ3n) is 6.53. The molecule has 36 heavy (non-hydrogen) atoms. The SMILES string of the molecule is CCCCC(=O)N1CCN(C(=O)CSc2nnc(Cc3ccccc3)n2-c2cccc(C)c2)CC1C. The molecule has 0 spiro atoms. The molecule has 0 bridgehead atoms. The summed E-state index contributed by atoms with van der Waals surface area (Å²) in [6, 6.07) is 18.5. The van der Waals surface area contributed by atoms with Gasteiger partial charge in [-0.05, 0) is 43.5 Å². The molecule has 1 aromatic heterocycles. The second-order valence-electron chi connectivity index (χ2n) is 9.40. The van der Waals surface area contributed by atoms with Gasteiger partial charge in [-0.3, -0.25) is 14.2 Å². The summed E-state index contributed by atoms with van der Waals surface area (Å²) in [5.41, 5.74) is 3.31. The van der Waals surface area contributed by atoms with Crippen LogP contribution in [0.5, 0.6) is 0 Å². The Labute approximate surface area is 217 Å². The van der Waals surface area contributed by atoms with Crippen LogP contribution in [0.4, 0.5) is 0 Å². The lowest BCUT2D eigenvalue weighted by atomic mass is 10.1. The maximum atomic E-state index is 13.1. The van der Waals surface area contributed by atoms with Crippen molar-refractivity contribution < 1.29 is 9.59 Å². The molecule has 190 valence electrons. The van der Waals surface area contributed by atoms with Crippen LogP contribution in [-0.2, 0) is 16.0 Å². The van der Waals surface area contributed by atoms with Crippen molar-refractivity contribution in [3.05, 3.63) is 71.5 Å². The van der Waals surface area contributed by atoms with Gasteiger partial charge in [-0.2, -0.15) is 0 Å². The zero-order valence-electron chi connectivity index (χ0n) is 21.4. The van der Waals surface area contributed by atoms with E-state index in [-0.39, 0.29) is 23.6 Å². The maximum absolute atomic E-state index is 13.1. The van der Waals surface area contributed by atoms with Gasteiger partial charge in [-0.1, -0.05) is 67.6 Å². The van der Waals surface area contributed by atoms with Crippen LogP contribution in [0.15, 0.2) is 59.8 Å². The highest BCUT2D eigenvalue weighted by Crippen LogP contribution is 2.25. The number of hydrogen-bond donors (Lipinski definition) is 0. The normalized spacial score (nSPS) is 15.8. The first-order valence-electron chi connectivity index (χ1n) is 12.7. The molecule has 1 aliphatic rings. The van der Waals surface area contributed by atoms with Crippen molar-refractivity contribution >= 4 is 23.6 Å². The fourth-order valence-corrected chi connectivity index (χ4v) is 5.43. The largest absolute Gasteiger partial charge is 0.338 e. The summed E-state index contributed by atoms with van der Waals surface area (Å²) >= 11 is 1.42. The zero-order valence-corrected chi connectivity index (χ0v) is 22.2. The first kappa shape index (κ1) is 25.9. The predicted octanol–water partition coefficient (Wildman–Crippen LogP) is 4.51. The third-order valence-corrected chi connectivity index (χ3v) is 7.45. The van der Waals surface area contributed by atoms with Crippen LogP contribution in [-0.4, -0.2) is 67.8 Å². The highest BCUT2D eigenvalue weighted by atomic mass is 32.2. The monoisotopic (exact) mass is 505 g/mol. The van der Waals surface area contributed by atoms with E-state index in [2.05, 4.69) is 52.9 Å². The van der Waals surface area contributed by atoms with Gasteiger partial charge in [0.15, 0.2) is 5.16 Å². The van der Waals surface area contributed by atoms with Crippen LogP contribution < -0.4 is 0 Å². The highest BCUT2D eigenvalue weighted by Gasteiger charge is 2.29. The van der Waals surface area contributed by atoms with E-state index in [4.69, 9.17) is 0 Å². The van der Waals surface area contributed by atoms with Crippen LogP contribution in [0.3, 0.4) is 0 Å². The van der Waals surface area contributed by atoms with Gasteiger partial charge >= 0.3 is 0 Å². The fourth-order valence-electron chi connectivity index (χ4n) is 4.56. The van der Waals surface area contributed by atoms with Gasteiger partial charge < -0.3 is 9.80 Å². The second-order valence-corrected chi connectivity index (χ2v) is 10.3. The van der Waals surface area contributed by atoms with E-state index in [0.717, 1.165) is 35.5 Å². The van der Waals surface area contributed by atoms with Crippen molar-refractivity contribution in [2.24, 2.45) is 0 Å². The number of hydrogen-bond acceptors (Lipinski definition) is 5. The maximum Gasteiger partial charge on any atom is 0.233 e. The van der Waals surface area contributed by atoms with Crippen molar-refractivity contribution in [2.75, 3.05) is 25.4 Å². The molecule has 8 heteroatoms. The van der Waals surface area contributed by atoms with E-state index in [0.29, 0.717) is 37.6 Å². The lowest BCUT2D eigenvalue weighted by molar-refractivity contribution is -0.141. The van der Waals surface area contributed by atoms with Crippen LogP contribution in [0.1, 0.15) is 50.1 Å². The van der Waals surface area contributed by atoms with E-state index in [1.807, 2.05) is 47.1 Å². The molecule has 0 saturated carbocycles. The van der Waals surface area contributed by atoms with Gasteiger partial charge in [-0.25, -0.2) is 0 Å². The van der Waals surface area contributed by atoms with E-state index >= 15 is 0 Å². The fraction of sp³-hybridized carbons (Fsp3) is 0.429. The highest BCUT2D eigenvalue weighted by molar-refractivity contribution is 7.99. The second kappa shape index (κ2) is 12.2. The number of carbonyl (C=O) groups excluding carboxylic acids is 2. The number of amides is 2. The Morgan fingerprint density at radius 1 is 1.03 bits per heavy atom. The number of aromatic nitrogens is 3. The number of aryl methyl sites for hydroxylation is 1. The van der Waals surface area contributed by atoms with E-state index < -0.39 is 0 Å². The molecule has 4 rings (SSSR count). The van der Waals surface area contributed by atoms with Crippen LogP contribution in [0.2, 0.25) is 0 Å². The van der Waals surface area contributed by atoms with Gasteiger partial charge in [0.2, 0.25) is 11.8 Å². The van der Waals surface area contributed by atoms with Crippen molar-refractivity contribution in [1.29, 1.82) is 0 Å². The van der Waals surface area contributed by atoms with Crippen LogP contribution in [0.25, 0.3) is 5.69 Å². The van der Waals surface area contributed by atoms with Crippen molar-refractivity contribution in [3.8, 4) is 5.69 Å². The smallest absolute Gasteiger partial charge is 0.233 e. The van der Waals surface area contributed by atoms with Crippen molar-refractivity contribution in [2.45, 2.75) is 57.7 Å². The molecule has 1 fully saturated rings. The molecule has 1 saturated heterocycles. The Hall–Kier alpha value is -3.13. The standard InChI is InChI=1S/C28H35N5O2S/c1-4-5-14-26(34)32-16-15-31(19-22(32)3)27(35)20-36-28-30-29-25(18-23-11-7-6-8-12-23)33(28)24-13-9-10-21(2)17-24/h6-13,17,22H,4-5,14-16,18-20H2,1-3H3. The Kier molecular flexibility index (Phi) is 8.80. The molecular weight excluding hydrogens is 470 g/mol. The van der Waals surface area contributed by atoms with Crippen LogP contribution >= 0.6 is 11.8 Å². The molecule has 2 amide bonds. The molecule has 0 aliphatic carbocycles. The zero-order chi connectivity index (χ0) is 25.5. The number of unbranched alkanes of at least 4 members (excludes halogenated alkanes) is 1. The summed E-state index contributed by atoms with van der Waals surface area (Å²) in [7, 11) is 0. The quantitative estimate of drug-likeness (QED) is 0.400. The molecule has 1 aliphatic heterocycles. The lowest BCUT2D eigenvalue weighted by Gasteiger charge is -2.40. The average molecular weight is 506 g/mol. The first-order valence-corrected chi connectivity index (χ1v) is 13.7. The molecular formula is C28H35N5O2S. The minimum Gasteiger partial charge on any atom is -0.338 e. The lowest BCUT2D eigenvalue weighted by Crippen LogP contribution is -2.55. The van der Waals surface area contributed by atoms with Gasteiger partial charge in [0, 0.05) is 44.2 Å². The van der Waals surface area contributed by atoms with E-state index in [1.54, 1.807) is 0 Å². The van der Waals surface area contributed by atoms with Crippen molar-refractivity contribution in [1.82, 2.24) is 24.6 Å². The number of piperazine rings is 1. The van der Waals surface area contributed by atoms with Gasteiger partial charge in [0.25, 0.3) is 0 Å².